The smallest absolute Gasteiger partial charge is 0.0142 e. The van der Waals surface area contributed by atoms with Gasteiger partial charge >= 0.3 is 0 Å². The number of rotatable bonds is 3. The van der Waals surface area contributed by atoms with E-state index in [0.717, 1.165) is 5.92 Å². The summed E-state index contributed by atoms with van der Waals surface area (Å²) in [5, 5.41) is 0. The molecule has 0 saturated heterocycles. The lowest BCUT2D eigenvalue weighted by molar-refractivity contribution is 0.401. The third kappa shape index (κ3) is 3.44. The topological polar surface area (TPSA) is 26.0 Å². The molecule has 2 N–H and O–H groups in total. The molecular formula is C16H23N. The SMILES string of the molecule is Cc1ccc(C=C(CN)C2CCCCC2)cc1. The van der Waals surface area contributed by atoms with Crippen LogP contribution in [0.25, 0.3) is 6.08 Å². The van der Waals surface area contributed by atoms with Gasteiger partial charge in [-0.15, -0.1) is 0 Å². The molecule has 0 bridgehead atoms. The standard InChI is InChI=1S/C16H23N/c1-13-7-9-14(10-8-13)11-16(12-17)15-5-3-2-4-6-15/h7-11,15H,2-6,12,17H2,1H3. The second-order valence-electron chi connectivity index (χ2n) is 5.17. The molecule has 92 valence electrons. The minimum atomic E-state index is 0.707. The van der Waals surface area contributed by atoms with Crippen molar-refractivity contribution in [1.82, 2.24) is 0 Å². The van der Waals surface area contributed by atoms with Crippen LogP contribution in [0.1, 0.15) is 43.2 Å². The first-order chi connectivity index (χ1) is 8.29. The summed E-state index contributed by atoms with van der Waals surface area (Å²) in [7, 11) is 0. The van der Waals surface area contributed by atoms with Crippen LogP contribution in [0.5, 0.6) is 0 Å². The highest BCUT2D eigenvalue weighted by Crippen LogP contribution is 2.30. The quantitative estimate of drug-likeness (QED) is 0.835. The first kappa shape index (κ1) is 12.4. The number of hydrogen-bond acceptors (Lipinski definition) is 1. The molecule has 1 aromatic carbocycles. The lowest BCUT2D eigenvalue weighted by atomic mass is 9.83. The lowest BCUT2D eigenvalue weighted by Gasteiger charge is -2.23. The Hall–Kier alpha value is -1.08. The van der Waals surface area contributed by atoms with Gasteiger partial charge in [-0.2, -0.15) is 0 Å². The molecule has 1 fully saturated rings. The molecule has 1 heteroatoms. The molecule has 0 aromatic heterocycles. The van der Waals surface area contributed by atoms with Gasteiger partial charge in [0.2, 0.25) is 0 Å². The number of nitrogens with two attached hydrogens (primary N) is 1. The fraction of sp³-hybridized carbons (Fsp3) is 0.500. The van der Waals surface area contributed by atoms with Crippen molar-refractivity contribution in [3.8, 4) is 0 Å². The van der Waals surface area contributed by atoms with Gasteiger partial charge in [0.15, 0.2) is 0 Å². The third-order valence-electron chi connectivity index (χ3n) is 3.79. The van der Waals surface area contributed by atoms with E-state index < -0.39 is 0 Å². The maximum Gasteiger partial charge on any atom is 0.0142 e. The molecule has 1 saturated carbocycles. The van der Waals surface area contributed by atoms with Gasteiger partial charge in [-0.05, 0) is 31.2 Å². The molecule has 0 atom stereocenters. The molecule has 0 unspecified atom stereocenters. The summed E-state index contributed by atoms with van der Waals surface area (Å²) in [6.07, 6.45) is 9.10. The highest BCUT2D eigenvalue weighted by molar-refractivity contribution is 5.54. The number of benzene rings is 1. The van der Waals surface area contributed by atoms with Crippen molar-refractivity contribution in [2.45, 2.75) is 39.0 Å². The minimum Gasteiger partial charge on any atom is -0.327 e. The van der Waals surface area contributed by atoms with E-state index in [0.29, 0.717) is 6.54 Å². The third-order valence-corrected chi connectivity index (χ3v) is 3.79. The fourth-order valence-corrected chi connectivity index (χ4v) is 2.69. The molecule has 0 aliphatic heterocycles. The van der Waals surface area contributed by atoms with Crippen LogP contribution in [-0.4, -0.2) is 6.54 Å². The van der Waals surface area contributed by atoms with Crippen LogP contribution in [0.2, 0.25) is 0 Å². The summed E-state index contributed by atoms with van der Waals surface area (Å²) in [6.45, 7) is 2.83. The maximum atomic E-state index is 5.91. The van der Waals surface area contributed by atoms with Crippen molar-refractivity contribution in [3.05, 3.63) is 41.0 Å². The molecule has 17 heavy (non-hydrogen) atoms. The first-order valence-electron chi connectivity index (χ1n) is 6.77. The molecule has 0 radical (unpaired) electrons. The largest absolute Gasteiger partial charge is 0.327 e. The van der Waals surface area contributed by atoms with Crippen LogP contribution in [-0.2, 0) is 0 Å². The van der Waals surface area contributed by atoms with Crippen LogP contribution < -0.4 is 5.73 Å². The normalized spacial score (nSPS) is 18.4. The van der Waals surface area contributed by atoms with Crippen LogP contribution in [0.3, 0.4) is 0 Å². The van der Waals surface area contributed by atoms with Crippen LogP contribution in [0.4, 0.5) is 0 Å². The highest BCUT2D eigenvalue weighted by Gasteiger charge is 2.16. The predicted octanol–water partition coefficient (Wildman–Crippen LogP) is 3.92. The van der Waals surface area contributed by atoms with E-state index in [4.69, 9.17) is 5.73 Å². The van der Waals surface area contributed by atoms with Crippen LogP contribution in [0, 0.1) is 12.8 Å². The van der Waals surface area contributed by atoms with Crippen LogP contribution >= 0.6 is 0 Å². The van der Waals surface area contributed by atoms with Crippen molar-refractivity contribution < 1.29 is 0 Å². The summed E-state index contributed by atoms with van der Waals surface area (Å²) in [6, 6.07) is 8.71. The Kier molecular flexibility index (Phi) is 4.38. The lowest BCUT2D eigenvalue weighted by Crippen LogP contribution is -2.16. The highest BCUT2D eigenvalue weighted by atomic mass is 14.5. The number of aryl methyl sites for hydroxylation is 1. The Morgan fingerprint density at radius 2 is 1.82 bits per heavy atom. The monoisotopic (exact) mass is 229 g/mol. The van der Waals surface area contributed by atoms with Gasteiger partial charge in [-0.1, -0.05) is 60.7 Å². The Morgan fingerprint density at radius 1 is 1.18 bits per heavy atom. The Balaban J connectivity index is 2.13. The van der Waals surface area contributed by atoms with Gasteiger partial charge in [0.1, 0.15) is 0 Å². The average molecular weight is 229 g/mol. The molecule has 0 heterocycles. The molecule has 1 aliphatic rings. The van der Waals surface area contributed by atoms with Crippen molar-refractivity contribution in [2.24, 2.45) is 11.7 Å². The first-order valence-corrected chi connectivity index (χ1v) is 6.77. The zero-order valence-electron chi connectivity index (χ0n) is 10.8. The Bertz CT molecular complexity index is 369. The molecule has 1 nitrogen and oxygen atoms in total. The van der Waals surface area contributed by atoms with Gasteiger partial charge in [0, 0.05) is 6.54 Å². The fourth-order valence-electron chi connectivity index (χ4n) is 2.69. The zero-order valence-corrected chi connectivity index (χ0v) is 10.8. The Labute approximate surface area is 105 Å². The summed E-state index contributed by atoms with van der Waals surface area (Å²) < 4.78 is 0. The van der Waals surface area contributed by atoms with E-state index in [2.05, 4.69) is 37.3 Å². The minimum absolute atomic E-state index is 0.707. The van der Waals surface area contributed by atoms with Gasteiger partial charge in [0.25, 0.3) is 0 Å². The van der Waals surface area contributed by atoms with Crippen molar-refractivity contribution >= 4 is 6.08 Å². The molecule has 2 rings (SSSR count). The zero-order chi connectivity index (χ0) is 12.1. The van der Waals surface area contributed by atoms with Gasteiger partial charge in [-0.3, -0.25) is 0 Å². The van der Waals surface area contributed by atoms with Crippen molar-refractivity contribution in [3.63, 3.8) is 0 Å². The second kappa shape index (κ2) is 6.02. The number of hydrogen-bond donors (Lipinski definition) is 1. The predicted molar refractivity (Wildman–Crippen MR) is 74.8 cm³/mol. The summed E-state index contributed by atoms with van der Waals surface area (Å²) in [5.41, 5.74) is 9.96. The average Bonchev–Trinajstić information content (AvgIpc) is 2.39. The van der Waals surface area contributed by atoms with E-state index >= 15 is 0 Å². The molecule has 0 spiro atoms. The molecule has 0 amide bonds. The molecule has 1 aliphatic carbocycles. The van der Waals surface area contributed by atoms with Gasteiger partial charge in [0.05, 0.1) is 0 Å². The van der Waals surface area contributed by atoms with Crippen molar-refractivity contribution in [2.75, 3.05) is 6.54 Å². The summed E-state index contributed by atoms with van der Waals surface area (Å²) in [5.74, 6) is 0.732. The van der Waals surface area contributed by atoms with Crippen molar-refractivity contribution in [1.29, 1.82) is 0 Å². The van der Waals surface area contributed by atoms with E-state index in [1.165, 1.54) is 48.8 Å². The summed E-state index contributed by atoms with van der Waals surface area (Å²) >= 11 is 0. The Morgan fingerprint density at radius 3 is 2.41 bits per heavy atom. The maximum absolute atomic E-state index is 5.91. The van der Waals surface area contributed by atoms with E-state index in [1.54, 1.807) is 0 Å². The molecule has 1 aromatic rings. The van der Waals surface area contributed by atoms with Crippen LogP contribution in [0.15, 0.2) is 29.8 Å². The van der Waals surface area contributed by atoms with Gasteiger partial charge < -0.3 is 5.73 Å². The van der Waals surface area contributed by atoms with Gasteiger partial charge in [-0.25, -0.2) is 0 Å². The summed E-state index contributed by atoms with van der Waals surface area (Å²) in [4.78, 5) is 0. The van der Waals surface area contributed by atoms with E-state index in [9.17, 15) is 0 Å². The second-order valence-corrected chi connectivity index (χ2v) is 5.17. The van der Waals surface area contributed by atoms with E-state index in [1.807, 2.05) is 0 Å². The van der Waals surface area contributed by atoms with E-state index in [-0.39, 0.29) is 0 Å². The molecular weight excluding hydrogens is 206 g/mol.